The van der Waals surface area contributed by atoms with Gasteiger partial charge in [-0.2, -0.15) is 0 Å². The van der Waals surface area contributed by atoms with Crippen molar-refractivity contribution in [1.29, 1.82) is 0 Å². The lowest BCUT2D eigenvalue weighted by molar-refractivity contribution is -0.151. The Balaban J connectivity index is 2.21. The van der Waals surface area contributed by atoms with Crippen LogP contribution in [0.4, 0.5) is 0 Å². The molecule has 0 aliphatic carbocycles. The van der Waals surface area contributed by atoms with Crippen LogP contribution in [-0.2, 0) is 16.1 Å². The second-order valence-electron chi connectivity index (χ2n) is 4.66. The van der Waals surface area contributed by atoms with Crippen LogP contribution in [0.5, 0.6) is 17.2 Å². The van der Waals surface area contributed by atoms with Gasteiger partial charge < -0.3 is 24.7 Å². The Morgan fingerprint density at radius 1 is 1.33 bits per heavy atom. The molecule has 1 aliphatic rings. The molecule has 1 heterocycles. The number of carbonyl (C=O) groups excluding carboxylic acids is 1. The van der Waals surface area contributed by atoms with Gasteiger partial charge in [-0.1, -0.05) is 13.3 Å². The molecule has 1 aromatic carbocycles. The zero-order valence-electron chi connectivity index (χ0n) is 12.4. The van der Waals surface area contributed by atoms with E-state index in [9.17, 15) is 4.79 Å². The van der Waals surface area contributed by atoms with E-state index in [0.717, 1.165) is 12.0 Å². The van der Waals surface area contributed by atoms with Crippen LogP contribution in [0.3, 0.4) is 0 Å². The summed E-state index contributed by atoms with van der Waals surface area (Å²) >= 11 is 0. The molecule has 0 aromatic heterocycles. The predicted molar refractivity (Wildman–Crippen MR) is 76.4 cm³/mol. The predicted octanol–water partition coefficient (Wildman–Crippen LogP) is 1.98. The average Bonchev–Trinajstić information content (AvgIpc) is 2.93. The molecule has 0 bridgehead atoms. The van der Waals surface area contributed by atoms with Crippen LogP contribution in [0.15, 0.2) is 12.1 Å². The minimum Gasteiger partial charge on any atom is -0.478 e. The fourth-order valence-electron chi connectivity index (χ4n) is 2.11. The zero-order valence-corrected chi connectivity index (χ0v) is 12.4. The lowest BCUT2D eigenvalue weighted by atomic mass is 10.1. The van der Waals surface area contributed by atoms with E-state index in [2.05, 4.69) is 0 Å². The molecule has 6 heteroatoms. The minimum atomic E-state index is -0.638. The lowest BCUT2D eigenvalue weighted by Crippen LogP contribution is -2.29. The third kappa shape index (κ3) is 3.58. The number of nitrogens with two attached hydrogens (primary N) is 1. The van der Waals surface area contributed by atoms with Gasteiger partial charge in [-0.05, 0) is 19.4 Å². The standard InChI is InChI=1S/C15H21NO5/c1-3-5-11(15(17)18-4-2)21-12-7-14-13(19-9-20-14)6-10(12)8-16/h6-7,11H,3-5,8-9,16H2,1-2H3. The zero-order chi connectivity index (χ0) is 15.2. The highest BCUT2D eigenvalue weighted by Crippen LogP contribution is 2.38. The van der Waals surface area contributed by atoms with Gasteiger partial charge in [0.1, 0.15) is 5.75 Å². The summed E-state index contributed by atoms with van der Waals surface area (Å²) in [5.41, 5.74) is 6.50. The summed E-state index contributed by atoms with van der Waals surface area (Å²) in [7, 11) is 0. The van der Waals surface area contributed by atoms with Gasteiger partial charge >= 0.3 is 5.97 Å². The van der Waals surface area contributed by atoms with E-state index in [1.165, 1.54) is 0 Å². The topological polar surface area (TPSA) is 80.0 Å². The molecule has 0 amide bonds. The SMILES string of the molecule is CCCC(Oc1cc2c(cc1CN)OCO2)C(=O)OCC. The molecule has 1 aromatic rings. The third-order valence-corrected chi connectivity index (χ3v) is 3.15. The minimum absolute atomic E-state index is 0.180. The maximum atomic E-state index is 11.9. The number of fused-ring (bicyclic) bond motifs is 1. The molecule has 0 fully saturated rings. The molecule has 1 unspecified atom stereocenters. The van der Waals surface area contributed by atoms with Crippen molar-refractivity contribution in [3.05, 3.63) is 17.7 Å². The van der Waals surface area contributed by atoms with Gasteiger partial charge in [0.25, 0.3) is 0 Å². The van der Waals surface area contributed by atoms with Crippen molar-refractivity contribution < 1.29 is 23.7 Å². The van der Waals surface area contributed by atoms with Crippen LogP contribution in [0, 0.1) is 0 Å². The van der Waals surface area contributed by atoms with E-state index in [1.807, 2.05) is 6.92 Å². The highest BCUT2D eigenvalue weighted by atomic mass is 16.7. The van der Waals surface area contributed by atoms with Gasteiger partial charge in [0.05, 0.1) is 6.61 Å². The van der Waals surface area contributed by atoms with Crippen LogP contribution in [-0.4, -0.2) is 25.5 Å². The largest absolute Gasteiger partial charge is 0.478 e. The molecular formula is C15H21NO5. The van der Waals surface area contributed by atoms with Crippen molar-refractivity contribution in [1.82, 2.24) is 0 Å². The molecule has 116 valence electrons. The number of carbonyl (C=O) groups is 1. The monoisotopic (exact) mass is 295 g/mol. The quantitative estimate of drug-likeness (QED) is 0.775. The molecular weight excluding hydrogens is 274 g/mol. The molecule has 2 rings (SSSR count). The van der Waals surface area contributed by atoms with Crippen molar-refractivity contribution in [2.45, 2.75) is 39.3 Å². The Labute approximate surface area is 124 Å². The molecule has 0 saturated carbocycles. The van der Waals surface area contributed by atoms with Crippen LogP contribution < -0.4 is 19.9 Å². The Kier molecular flexibility index (Phi) is 5.27. The maximum Gasteiger partial charge on any atom is 0.347 e. The van der Waals surface area contributed by atoms with Crippen molar-refractivity contribution >= 4 is 5.97 Å². The number of benzene rings is 1. The summed E-state index contributed by atoms with van der Waals surface area (Å²) in [5.74, 6) is 1.42. The highest BCUT2D eigenvalue weighted by molar-refractivity contribution is 5.75. The summed E-state index contributed by atoms with van der Waals surface area (Å²) in [6, 6.07) is 3.50. The van der Waals surface area contributed by atoms with E-state index in [-0.39, 0.29) is 19.3 Å². The van der Waals surface area contributed by atoms with Gasteiger partial charge in [-0.3, -0.25) is 0 Å². The molecule has 1 atom stereocenters. The van der Waals surface area contributed by atoms with E-state index >= 15 is 0 Å². The van der Waals surface area contributed by atoms with Gasteiger partial charge in [0, 0.05) is 18.2 Å². The Hall–Kier alpha value is -1.95. The summed E-state index contributed by atoms with van der Waals surface area (Å²) in [4.78, 5) is 11.9. The Bertz CT molecular complexity index is 503. The van der Waals surface area contributed by atoms with Gasteiger partial charge in [-0.15, -0.1) is 0 Å². The molecule has 21 heavy (non-hydrogen) atoms. The Morgan fingerprint density at radius 2 is 2.05 bits per heavy atom. The van der Waals surface area contributed by atoms with Gasteiger partial charge in [0.15, 0.2) is 17.6 Å². The van der Waals surface area contributed by atoms with Crippen LogP contribution in [0.2, 0.25) is 0 Å². The summed E-state index contributed by atoms with van der Waals surface area (Å²) < 4.78 is 21.5. The molecule has 1 aliphatic heterocycles. The first-order chi connectivity index (χ1) is 10.2. The van der Waals surface area contributed by atoms with Crippen molar-refractivity contribution in [3.8, 4) is 17.2 Å². The van der Waals surface area contributed by atoms with Gasteiger partial charge in [-0.25, -0.2) is 4.79 Å². The van der Waals surface area contributed by atoms with E-state index < -0.39 is 6.10 Å². The number of rotatable bonds is 7. The average molecular weight is 295 g/mol. The Morgan fingerprint density at radius 3 is 2.67 bits per heavy atom. The van der Waals surface area contributed by atoms with Crippen molar-refractivity contribution in [3.63, 3.8) is 0 Å². The fourth-order valence-corrected chi connectivity index (χ4v) is 2.11. The number of esters is 1. The van der Waals surface area contributed by atoms with Crippen LogP contribution >= 0.6 is 0 Å². The molecule has 6 nitrogen and oxygen atoms in total. The highest BCUT2D eigenvalue weighted by Gasteiger charge is 2.24. The van der Waals surface area contributed by atoms with Gasteiger partial charge in [0.2, 0.25) is 6.79 Å². The summed E-state index contributed by atoms with van der Waals surface area (Å²) in [6.45, 7) is 4.55. The first kappa shape index (κ1) is 15.4. The van der Waals surface area contributed by atoms with E-state index in [4.69, 9.17) is 24.7 Å². The summed E-state index contributed by atoms with van der Waals surface area (Å²) in [5, 5.41) is 0. The molecule has 2 N–H and O–H groups in total. The third-order valence-electron chi connectivity index (χ3n) is 3.15. The molecule has 0 spiro atoms. The lowest BCUT2D eigenvalue weighted by Gasteiger charge is -2.19. The van der Waals surface area contributed by atoms with E-state index in [0.29, 0.717) is 30.3 Å². The van der Waals surface area contributed by atoms with Crippen LogP contribution in [0.1, 0.15) is 32.3 Å². The smallest absolute Gasteiger partial charge is 0.347 e. The first-order valence-electron chi connectivity index (χ1n) is 7.15. The fraction of sp³-hybridized carbons (Fsp3) is 0.533. The van der Waals surface area contributed by atoms with Crippen molar-refractivity contribution in [2.75, 3.05) is 13.4 Å². The summed E-state index contributed by atoms with van der Waals surface area (Å²) in [6.07, 6.45) is 0.754. The number of ether oxygens (including phenoxy) is 4. The van der Waals surface area contributed by atoms with Crippen LogP contribution in [0.25, 0.3) is 0 Å². The normalized spacial score (nSPS) is 13.9. The second kappa shape index (κ2) is 7.17. The number of hydrogen-bond acceptors (Lipinski definition) is 6. The molecule has 0 radical (unpaired) electrons. The number of hydrogen-bond donors (Lipinski definition) is 1. The first-order valence-corrected chi connectivity index (χ1v) is 7.15. The molecule has 0 saturated heterocycles. The van der Waals surface area contributed by atoms with Crippen molar-refractivity contribution in [2.24, 2.45) is 5.73 Å². The second-order valence-corrected chi connectivity index (χ2v) is 4.66. The van der Waals surface area contributed by atoms with E-state index in [1.54, 1.807) is 19.1 Å². The maximum absolute atomic E-state index is 11.9.